The lowest BCUT2D eigenvalue weighted by Crippen LogP contribution is -2.40. The van der Waals surface area contributed by atoms with Gasteiger partial charge >= 0.3 is 0 Å². The fraction of sp³-hybridized carbons (Fsp3) is 0.688. The van der Waals surface area contributed by atoms with Crippen LogP contribution in [0.5, 0.6) is 0 Å². The number of amides is 1. The predicted octanol–water partition coefficient (Wildman–Crippen LogP) is 2.40. The predicted molar refractivity (Wildman–Crippen MR) is 83.4 cm³/mol. The van der Waals surface area contributed by atoms with Crippen molar-refractivity contribution in [3.8, 4) is 0 Å². The summed E-state index contributed by atoms with van der Waals surface area (Å²) in [5.74, 6) is 0.672. The van der Waals surface area contributed by atoms with Gasteiger partial charge in [-0.3, -0.25) is 4.79 Å². The lowest BCUT2D eigenvalue weighted by Gasteiger charge is -2.25. The van der Waals surface area contributed by atoms with Crippen LogP contribution in [0.15, 0.2) is 18.3 Å². The topological polar surface area (TPSA) is 37.3 Å². The molecule has 0 unspecified atom stereocenters. The van der Waals surface area contributed by atoms with Crippen LogP contribution in [0.2, 0.25) is 0 Å². The minimum absolute atomic E-state index is 0.191. The van der Waals surface area contributed by atoms with Crippen LogP contribution in [-0.4, -0.2) is 35.0 Å². The quantitative estimate of drug-likeness (QED) is 0.705. The number of nitrogens with one attached hydrogen (secondary N) is 1. The molecule has 1 amide bonds. The van der Waals surface area contributed by atoms with Crippen LogP contribution in [0, 0.1) is 5.92 Å². The van der Waals surface area contributed by atoms with Crippen LogP contribution in [0.4, 0.5) is 0 Å². The Morgan fingerprint density at radius 2 is 2.20 bits per heavy atom. The first-order valence-electron chi connectivity index (χ1n) is 7.63. The fourth-order valence-electron chi connectivity index (χ4n) is 2.16. The Morgan fingerprint density at radius 3 is 2.75 bits per heavy atom. The SMILES string of the molecule is CCCCNCC(=O)N(Cc1cccn1C)CC(C)C. The first-order chi connectivity index (χ1) is 9.54. The zero-order valence-corrected chi connectivity index (χ0v) is 13.4. The van der Waals surface area contributed by atoms with Gasteiger partial charge in [-0.1, -0.05) is 27.2 Å². The number of carbonyl (C=O) groups is 1. The van der Waals surface area contributed by atoms with E-state index in [1.54, 1.807) is 0 Å². The Hall–Kier alpha value is -1.29. The minimum atomic E-state index is 0.191. The first kappa shape index (κ1) is 16.8. The summed E-state index contributed by atoms with van der Waals surface area (Å²) in [5, 5.41) is 3.24. The molecule has 1 N–H and O–H groups in total. The van der Waals surface area contributed by atoms with Crippen molar-refractivity contribution >= 4 is 5.91 Å². The second-order valence-electron chi connectivity index (χ2n) is 5.81. The standard InChI is InChI=1S/C16H29N3O/c1-5-6-9-17-11-16(20)19(12-14(2)3)13-15-8-7-10-18(15)4/h7-8,10,14,17H,5-6,9,11-13H2,1-4H3. The van der Waals surface area contributed by atoms with E-state index in [2.05, 4.69) is 36.7 Å². The number of rotatable bonds is 9. The summed E-state index contributed by atoms with van der Waals surface area (Å²) in [6.45, 7) is 9.31. The van der Waals surface area contributed by atoms with Crippen LogP contribution in [0.1, 0.15) is 39.3 Å². The van der Waals surface area contributed by atoms with Gasteiger partial charge < -0.3 is 14.8 Å². The highest BCUT2D eigenvalue weighted by molar-refractivity contribution is 5.78. The molecular formula is C16H29N3O. The molecule has 0 saturated carbocycles. The second-order valence-corrected chi connectivity index (χ2v) is 5.81. The van der Waals surface area contributed by atoms with Crippen LogP contribution < -0.4 is 5.32 Å². The molecule has 4 heteroatoms. The monoisotopic (exact) mass is 279 g/mol. The normalized spacial score (nSPS) is 11.1. The van der Waals surface area contributed by atoms with Crippen LogP contribution in [0.3, 0.4) is 0 Å². The maximum atomic E-state index is 12.3. The molecule has 0 aromatic carbocycles. The van der Waals surface area contributed by atoms with Gasteiger partial charge in [0.1, 0.15) is 0 Å². The van der Waals surface area contributed by atoms with E-state index in [-0.39, 0.29) is 5.91 Å². The van der Waals surface area contributed by atoms with Gasteiger partial charge in [-0.25, -0.2) is 0 Å². The molecule has 0 aliphatic rings. The van der Waals surface area contributed by atoms with E-state index in [9.17, 15) is 4.79 Å². The smallest absolute Gasteiger partial charge is 0.236 e. The Balaban J connectivity index is 2.54. The molecule has 0 aliphatic heterocycles. The summed E-state index contributed by atoms with van der Waals surface area (Å²) in [5.41, 5.74) is 1.17. The second kappa shape index (κ2) is 8.80. The Kier molecular flexibility index (Phi) is 7.37. The molecule has 0 atom stereocenters. The third-order valence-electron chi connectivity index (χ3n) is 3.33. The highest BCUT2D eigenvalue weighted by atomic mass is 16.2. The maximum Gasteiger partial charge on any atom is 0.236 e. The number of unbranched alkanes of at least 4 members (excludes halogenated alkanes) is 1. The molecule has 0 radical (unpaired) electrons. The van der Waals surface area contributed by atoms with E-state index in [0.29, 0.717) is 19.0 Å². The highest BCUT2D eigenvalue weighted by Crippen LogP contribution is 2.08. The average Bonchev–Trinajstić information content (AvgIpc) is 2.79. The molecule has 0 saturated heterocycles. The maximum absolute atomic E-state index is 12.3. The third kappa shape index (κ3) is 5.78. The van der Waals surface area contributed by atoms with Crippen LogP contribution in [0.25, 0.3) is 0 Å². The summed E-state index contributed by atoms with van der Waals surface area (Å²) in [6, 6.07) is 4.10. The van der Waals surface area contributed by atoms with Crippen molar-refractivity contribution in [1.82, 2.24) is 14.8 Å². The number of hydrogen-bond donors (Lipinski definition) is 1. The van der Waals surface area contributed by atoms with Crippen molar-refractivity contribution < 1.29 is 4.79 Å². The summed E-state index contributed by atoms with van der Waals surface area (Å²) in [4.78, 5) is 14.3. The molecule has 0 aliphatic carbocycles. The van der Waals surface area contributed by atoms with E-state index < -0.39 is 0 Å². The Morgan fingerprint density at radius 1 is 1.45 bits per heavy atom. The molecule has 0 fully saturated rings. The largest absolute Gasteiger partial charge is 0.353 e. The van der Waals surface area contributed by atoms with Crippen molar-refractivity contribution in [3.63, 3.8) is 0 Å². The molecular weight excluding hydrogens is 250 g/mol. The van der Waals surface area contributed by atoms with E-state index in [4.69, 9.17) is 0 Å². The molecule has 20 heavy (non-hydrogen) atoms. The van der Waals surface area contributed by atoms with E-state index in [1.807, 2.05) is 24.2 Å². The number of aryl methyl sites for hydroxylation is 1. The Labute approximate surface area is 123 Å². The van der Waals surface area contributed by atoms with Gasteiger partial charge in [-0.2, -0.15) is 0 Å². The lowest BCUT2D eigenvalue weighted by atomic mass is 10.2. The van der Waals surface area contributed by atoms with E-state index in [0.717, 1.165) is 25.9 Å². The number of nitrogens with zero attached hydrogens (tertiary/aromatic N) is 2. The minimum Gasteiger partial charge on any atom is -0.353 e. The summed E-state index contributed by atoms with van der Waals surface area (Å²) >= 11 is 0. The van der Waals surface area contributed by atoms with Gasteiger partial charge in [0, 0.05) is 25.5 Å². The van der Waals surface area contributed by atoms with Gasteiger partial charge in [0.25, 0.3) is 0 Å². The van der Waals surface area contributed by atoms with Crippen LogP contribution >= 0.6 is 0 Å². The van der Waals surface area contributed by atoms with Crippen LogP contribution in [-0.2, 0) is 18.4 Å². The van der Waals surface area contributed by atoms with Gasteiger partial charge in [0.05, 0.1) is 13.1 Å². The molecule has 114 valence electrons. The summed E-state index contributed by atoms with van der Waals surface area (Å²) in [6.07, 6.45) is 4.29. The molecule has 1 aromatic rings. The van der Waals surface area contributed by atoms with Gasteiger partial charge in [0.2, 0.25) is 5.91 Å². The van der Waals surface area contributed by atoms with Gasteiger partial charge in [0.15, 0.2) is 0 Å². The van der Waals surface area contributed by atoms with Crippen molar-refractivity contribution in [2.45, 2.75) is 40.2 Å². The zero-order chi connectivity index (χ0) is 15.0. The van der Waals surface area contributed by atoms with Gasteiger partial charge in [-0.15, -0.1) is 0 Å². The summed E-state index contributed by atoms with van der Waals surface area (Å²) in [7, 11) is 2.02. The number of carbonyl (C=O) groups excluding carboxylic acids is 1. The number of aromatic nitrogens is 1. The van der Waals surface area contributed by atoms with Gasteiger partial charge in [-0.05, 0) is 31.0 Å². The molecule has 0 bridgehead atoms. The molecule has 1 aromatic heterocycles. The zero-order valence-electron chi connectivity index (χ0n) is 13.4. The van der Waals surface area contributed by atoms with Crippen molar-refractivity contribution in [3.05, 3.63) is 24.0 Å². The lowest BCUT2D eigenvalue weighted by molar-refractivity contribution is -0.131. The number of hydrogen-bond acceptors (Lipinski definition) is 2. The van der Waals surface area contributed by atoms with Crippen molar-refractivity contribution in [2.75, 3.05) is 19.6 Å². The highest BCUT2D eigenvalue weighted by Gasteiger charge is 2.15. The van der Waals surface area contributed by atoms with Crippen molar-refractivity contribution in [1.29, 1.82) is 0 Å². The molecule has 0 spiro atoms. The third-order valence-corrected chi connectivity index (χ3v) is 3.33. The van der Waals surface area contributed by atoms with E-state index >= 15 is 0 Å². The Bertz CT molecular complexity index is 398. The van der Waals surface area contributed by atoms with E-state index in [1.165, 1.54) is 5.69 Å². The summed E-state index contributed by atoms with van der Waals surface area (Å²) < 4.78 is 2.07. The molecule has 1 heterocycles. The average molecular weight is 279 g/mol. The fourth-order valence-corrected chi connectivity index (χ4v) is 2.16. The molecule has 4 nitrogen and oxygen atoms in total. The molecule has 1 rings (SSSR count). The van der Waals surface area contributed by atoms with Crippen molar-refractivity contribution in [2.24, 2.45) is 13.0 Å². The first-order valence-corrected chi connectivity index (χ1v) is 7.63.